The molecule has 0 unspecified atom stereocenters. The molecule has 0 aromatic carbocycles. The molecule has 0 heterocycles. The van der Waals surface area contributed by atoms with Gasteiger partial charge in [-0.05, 0) is 7.05 Å². The molecule has 0 atom stereocenters. The van der Waals surface area contributed by atoms with Crippen LogP contribution in [0.3, 0.4) is 0 Å². The van der Waals surface area contributed by atoms with Gasteiger partial charge in [-0.2, -0.15) is 0 Å². The molecule has 0 radical (unpaired) electrons. The fourth-order valence-corrected chi connectivity index (χ4v) is 0. The third-order valence-corrected chi connectivity index (χ3v) is 0.301. The topological polar surface area (TPSA) is 80.4 Å². The SMILES string of the molecule is CC(=O)C(=O)O.CN. The second-order valence-corrected chi connectivity index (χ2v) is 0.861. The molecule has 4 heteroatoms. The van der Waals surface area contributed by atoms with E-state index in [4.69, 9.17) is 5.11 Å². The molecule has 0 aromatic rings. The standard InChI is InChI=1S/C3H4O3.CH5N/c1-2(4)3(5)6;1-2/h1H3,(H,5,6);2H2,1H3. The molecule has 0 fully saturated rings. The minimum absolute atomic E-state index is 0.824. The lowest BCUT2D eigenvalue weighted by atomic mass is 10.5. The van der Waals surface area contributed by atoms with Crippen LogP contribution in [0.15, 0.2) is 0 Å². The van der Waals surface area contributed by atoms with E-state index in [2.05, 4.69) is 5.73 Å². The first-order chi connectivity index (χ1) is 3.64. The molecule has 3 N–H and O–H groups in total. The van der Waals surface area contributed by atoms with E-state index in [0.717, 1.165) is 6.92 Å². The summed E-state index contributed by atoms with van der Waals surface area (Å²) >= 11 is 0. The van der Waals surface area contributed by atoms with Gasteiger partial charge in [0.2, 0.25) is 5.78 Å². The van der Waals surface area contributed by atoms with Crippen LogP contribution in [0.2, 0.25) is 0 Å². The maximum absolute atomic E-state index is 9.54. The zero-order valence-electron chi connectivity index (χ0n) is 4.84. The van der Waals surface area contributed by atoms with E-state index in [1.54, 1.807) is 0 Å². The number of carboxylic acids is 1. The highest BCUT2D eigenvalue weighted by Gasteiger charge is 1.98. The molecule has 0 amide bonds. The number of hydrogen-bond donors (Lipinski definition) is 2. The average Bonchev–Trinajstić information content (AvgIpc) is 1.72. The molecule has 0 saturated heterocycles. The second kappa shape index (κ2) is 6.10. The smallest absolute Gasteiger partial charge is 0.371 e. The van der Waals surface area contributed by atoms with Crippen LogP contribution in [-0.4, -0.2) is 23.9 Å². The van der Waals surface area contributed by atoms with Gasteiger partial charge in [0.15, 0.2) is 0 Å². The molecule has 0 aliphatic carbocycles. The van der Waals surface area contributed by atoms with Crippen molar-refractivity contribution >= 4 is 11.8 Å². The van der Waals surface area contributed by atoms with Crippen molar-refractivity contribution in [3.8, 4) is 0 Å². The van der Waals surface area contributed by atoms with Gasteiger partial charge in [-0.15, -0.1) is 0 Å². The molecule has 0 bridgehead atoms. The van der Waals surface area contributed by atoms with E-state index in [9.17, 15) is 9.59 Å². The van der Waals surface area contributed by atoms with Crippen LogP contribution >= 0.6 is 0 Å². The monoisotopic (exact) mass is 119 g/mol. The van der Waals surface area contributed by atoms with Gasteiger partial charge in [0.05, 0.1) is 0 Å². The molecular weight excluding hydrogens is 110 g/mol. The maximum Gasteiger partial charge on any atom is 0.371 e. The lowest BCUT2D eigenvalue weighted by Gasteiger charge is -1.73. The van der Waals surface area contributed by atoms with Crippen molar-refractivity contribution in [2.24, 2.45) is 5.73 Å². The summed E-state index contributed by atoms with van der Waals surface area (Å²) in [6.07, 6.45) is 0. The zero-order chi connectivity index (χ0) is 7.15. The number of carboxylic acid groups (broad SMARTS) is 1. The number of ketones is 1. The number of rotatable bonds is 1. The number of carbonyl (C=O) groups excluding carboxylic acids is 1. The summed E-state index contributed by atoms with van der Waals surface area (Å²) in [6.45, 7) is 1.00. The number of hydrogen-bond acceptors (Lipinski definition) is 3. The zero-order valence-corrected chi connectivity index (χ0v) is 4.84. The molecular formula is C4H9NO3. The van der Waals surface area contributed by atoms with Crippen molar-refractivity contribution in [1.82, 2.24) is 0 Å². The van der Waals surface area contributed by atoms with Crippen molar-refractivity contribution in [3.63, 3.8) is 0 Å². The summed E-state index contributed by atoms with van der Waals surface area (Å²) in [7, 11) is 1.50. The highest BCUT2D eigenvalue weighted by molar-refractivity contribution is 6.31. The van der Waals surface area contributed by atoms with Crippen LogP contribution in [0.1, 0.15) is 6.92 Å². The van der Waals surface area contributed by atoms with Crippen molar-refractivity contribution in [1.29, 1.82) is 0 Å². The van der Waals surface area contributed by atoms with Gasteiger partial charge in [-0.25, -0.2) is 4.79 Å². The van der Waals surface area contributed by atoms with Crippen LogP contribution in [0, 0.1) is 0 Å². The summed E-state index contributed by atoms with van der Waals surface area (Å²) in [5.74, 6) is -2.20. The molecule has 8 heavy (non-hydrogen) atoms. The number of nitrogens with two attached hydrogens (primary N) is 1. The fraction of sp³-hybridized carbons (Fsp3) is 0.500. The first-order valence-corrected chi connectivity index (χ1v) is 1.96. The largest absolute Gasteiger partial charge is 0.476 e. The van der Waals surface area contributed by atoms with Gasteiger partial charge in [-0.3, -0.25) is 4.79 Å². The highest BCUT2D eigenvalue weighted by Crippen LogP contribution is 1.61. The molecule has 0 aromatic heterocycles. The molecule has 0 aliphatic rings. The van der Waals surface area contributed by atoms with Crippen LogP contribution in [0.4, 0.5) is 0 Å². The Hall–Kier alpha value is -0.900. The number of aliphatic carboxylic acids is 1. The first-order valence-electron chi connectivity index (χ1n) is 1.96. The van der Waals surface area contributed by atoms with Gasteiger partial charge in [0.1, 0.15) is 0 Å². The van der Waals surface area contributed by atoms with Crippen molar-refractivity contribution in [2.45, 2.75) is 6.92 Å². The van der Waals surface area contributed by atoms with E-state index in [-0.39, 0.29) is 0 Å². The molecule has 4 nitrogen and oxygen atoms in total. The quantitative estimate of drug-likeness (QED) is 0.444. The molecule has 0 aliphatic heterocycles. The normalized spacial score (nSPS) is 6.38. The average molecular weight is 119 g/mol. The van der Waals surface area contributed by atoms with Gasteiger partial charge in [0, 0.05) is 6.92 Å². The van der Waals surface area contributed by atoms with E-state index in [1.165, 1.54) is 7.05 Å². The molecule has 48 valence electrons. The fourth-order valence-electron chi connectivity index (χ4n) is 0. The van der Waals surface area contributed by atoms with Crippen LogP contribution in [0.5, 0.6) is 0 Å². The van der Waals surface area contributed by atoms with Gasteiger partial charge >= 0.3 is 5.97 Å². The highest BCUT2D eigenvalue weighted by atomic mass is 16.4. The predicted molar refractivity (Wildman–Crippen MR) is 28.4 cm³/mol. The Balaban J connectivity index is 0. The molecule has 0 saturated carbocycles. The van der Waals surface area contributed by atoms with Crippen molar-refractivity contribution in [2.75, 3.05) is 7.05 Å². The van der Waals surface area contributed by atoms with E-state index >= 15 is 0 Å². The minimum Gasteiger partial charge on any atom is -0.476 e. The van der Waals surface area contributed by atoms with Gasteiger partial charge in [-0.1, -0.05) is 0 Å². The van der Waals surface area contributed by atoms with Crippen LogP contribution in [-0.2, 0) is 9.59 Å². The van der Waals surface area contributed by atoms with E-state index < -0.39 is 11.8 Å². The van der Waals surface area contributed by atoms with Crippen LogP contribution < -0.4 is 5.73 Å². The third kappa shape index (κ3) is 8.92. The molecule has 0 rings (SSSR count). The second-order valence-electron chi connectivity index (χ2n) is 0.861. The lowest BCUT2D eigenvalue weighted by Crippen LogP contribution is -2.05. The maximum atomic E-state index is 9.54. The van der Waals surface area contributed by atoms with Gasteiger partial charge < -0.3 is 10.8 Å². The third-order valence-electron chi connectivity index (χ3n) is 0.301. The summed E-state index contributed by atoms with van der Waals surface area (Å²) in [5, 5.41) is 7.64. The Kier molecular flexibility index (Phi) is 7.74. The summed E-state index contributed by atoms with van der Waals surface area (Å²) in [5.41, 5.74) is 4.50. The summed E-state index contributed by atoms with van der Waals surface area (Å²) in [4.78, 5) is 18.9. The summed E-state index contributed by atoms with van der Waals surface area (Å²) in [6, 6.07) is 0. The van der Waals surface area contributed by atoms with Crippen molar-refractivity contribution < 1.29 is 14.7 Å². The Labute approximate surface area is 47.3 Å². The Bertz CT molecular complexity index is 77.3. The van der Waals surface area contributed by atoms with Crippen LogP contribution in [0.25, 0.3) is 0 Å². The van der Waals surface area contributed by atoms with Crippen molar-refractivity contribution in [3.05, 3.63) is 0 Å². The Morgan fingerprint density at radius 3 is 1.50 bits per heavy atom. The Morgan fingerprint density at radius 2 is 1.50 bits per heavy atom. The van der Waals surface area contributed by atoms with E-state index in [1.807, 2.05) is 0 Å². The summed E-state index contributed by atoms with van der Waals surface area (Å²) < 4.78 is 0. The van der Waals surface area contributed by atoms with E-state index in [0.29, 0.717) is 0 Å². The Morgan fingerprint density at radius 1 is 1.38 bits per heavy atom. The first kappa shape index (κ1) is 10.2. The lowest BCUT2D eigenvalue weighted by molar-refractivity contribution is -0.148. The number of Topliss-reactive ketones (excluding diaryl/α,β-unsaturated/α-hetero) is 1. The predicted octanol–water partition coefficient (Wildman–Crippen LogP) is -0.765. The minimum atomic E-state index is -1.38. The number of carbonyl (C=O) groups is 2. The molecule has 0 spiro atoms. The van der Waals surface area contributed by atoms with Gasteiger partial charge in [0.25, 0.3) is 0 Å².